The lowest BCUT2D eigenvalue weighted by Crippen LogP contribution is -2.14. The number of aryl methyl sites for hydroxylation is 1. The summed E-state index contributed by atoms with van der Waals surface area (Å²) in [5, 5.41) is 14.6. The summed E-state index contributed by atoms with van der Waals surface area (Å²) < 4.78 is 0.910. The smallest absolute Gasteiger partial charge is 0.339 e. The Labute approximate surface area is 173 Å². The molecular weight excluding hydrogens is 450 g/mol. The van der Waals surface area contributed by atoms with Crippen molar-refractivity contribution in [1.29, 1.82) is 0 Å². The van der Waals surface area contributed by atoms with Crippen LogP contribution >= 0.6 is 38.9 Å². The fraction of sp³-hybridized carbons (Fsp3) is 0.100. The maximum absolute atomic E-state index is 12.3. The average molecular weight is 465 g/mol. The molecule has 0 bridgehead atoms. The molecule has 27 heavy (non-hydrogen) atoms. The number of nitrogens with one attached hydrogen (secondary N) is 1. The van der Waals surface area contributed by atoms with Gasteiger partial charge in [-0.25, -0.2) is 4.79 Å². The monoisotopic (exact) mass is 463 g/mol. The zero-order valence-electron chi connectivity index (χ0n) is 14.0. The van der Waals surface area contributed by atoms with Crippen LogP contribution < -0.4 is 5.32 Å². The first-order valence-corrected chi connectivity index (χ1v) is 10.1. The van der Waals surface area contributed by atoms with E-state index < -0.39 is 5.97 Å². The fourth-order valence-corrected chi connectivity index (χ4v) is 4.13. The van der Waals surface area contributed by atoms with Crippen LogP contribution in [0.3, 0.4) is 0 Å². The largest absolute Gasteiger partial charge is 0.478 e. The summed E-state index contributed by atoms with van der Waals surface area (Å²) in [4.78, 5) is 24.7. The van der Waals surface area contributed by atoms with Gasteiger partial charge in [-0.05, 0) is 35.7 Å². The molecule has 2 N–H and O–H groups in total. The van der Waals surface area contributed by atoms with Gasteiger partial charge in [-0.1, -0.05) is 57.9 Å². The number of carboxylic acid groups (broad SMARTS) is 1. The first kappa shape index (κ1) is 19.6. The van der Waals surface area contributed by atoms with Crippen molar-refractivity contribution in [1.82, 2.24) is 0 Å². The maximum Gasteiger partial charge on any atom is 0.339 e. The third kappa shape index (κ3) is 4.77. The van der Waals surface area contributed by atoms with Crippen LogP contribution in [0.15, 0.2) is 58.4 Å². The second-order valence-electron chi connectivity index (χ2n) is 5.81. The van der Waals surface area contributed by atoms with Gasteiger partial charge in [0, 0.05) is 21.3 Å². The molecule has 3 aromatic rings. The minimum Gasteiger partial charge on any atom is -0.478 e. The average Bonchev–Trinajstić information content (AvgIpc) is 3.05. The minimum atomic E-state index is -1.07. The Morgan fingerprint density at radius 2 is 1.81 bits per heavy atom. The molecular formula is C20H15BrClNO3S. The Kier molecular flexibility index (Phi) is 6.31. The molecule has 0 aliphatic carbocycles. The number of hydrogen-bond acceptors (Lipinski definition) is 3. The molecule has 3 rings (SSSR count). The van der Waals surface area contributed by atoms with Gasteiger partial charge in [0.05, 0.1) is 10.6 Å². The van der Waals surface area contributed by atoms with Crippen molar-refractivity contribution in [3.63, 3.8) is 0 Å². The normalized spacial score (nSPS) is 10.6. The number of carboxylic acids is 1. The van der Waals surface area contributed by atoms with Gasteiger partial charge >= 0.3 is 5.97 Å². The molecule has 2 aromatic carbocycles. The molecule has 1 heterocycles. The van der Waals surface area contributed by atoms with E-state index in [9.17, 15) is 14.7 Å². The summed E-state index contributed by atoms with van der Waals surface area (Å²) in [6.45, 7) is 0. The number of benzene rings is 2. The molecule has 7 heteroatoms. The van der Waals surface area contributed by atoms with Gasteiger partial charge in [0.15, 0.2) is 0 Å². The summed E-state index contributed by atoms with van der Waals surface area (Å²) in [6.07, 6.45) is 0.698. The van der Waals surface area contributed by atoms with E-state index in [0.29, 0.717) is 22.0 Å². The molecule has 0 saturated heterocycles. The van der Waals surface area contributed by atoms with Crippen LogP contribution in [-0.2, 0) is 11.2 Å². The number of halogens is 2. The van der Waals surface area contributed by atoms with Crippen LogP contribution in [0.25, 0.3) is 10.4 Å². The Balaban J connectivity index is 1.76. The zero-order valence-corrected chi connectivity index (χ0v) is 17.2. The van der Waals surface area contributed by atoms with E-state index in [2.05, 4.69) is 21.2 Å². The van der Waals surface area contributed by atoms with Crippen LogP contribution in [0.5, 0.6) is 0 Å². The van der Waals surface area contributed by atoms with E-state index >= 15 is 0 Å². The van der Waals surface area contributed by atoms with Gasteiger partial charge in [-0.2, -0.15) is 0 Å². The summed E-state index contributed by atoms with van der Waals surface area (Å²) in [5.41, 5.74) is 2.09. The third-order valence-electron chi connectivity index (χ3n) is 3.96. The number of anilines is 1. The van der Waals surface area contributed by atoms with Crippen molar-refractivity contribution in [3.8, 4) is 10.4 Å². The molecule has 4 nitrogen and oxygen atoms in total. The molecule has 0 spiro atoms. The summed E-state index contributed by atoms with van der Waals surface area (Å²) in [5.74, 6) is -1.33. The number of rotatable bonds is 6. The Bertz CT molecular complexity index is 985. The van der Waals surface area contributed by atoms with E-state index in [-0.39, 0.29) is 17.9 Å². The van der Waals surface area contributed by atoms with E-state index in [1.165, 1.54) is 11.3 Å². The highest BCUT2D eigenvalue weighted by Gasteiger charge is 2.21. The van der Waals surface area contributed by atoms with Crippen molar-refractivity contribution in [2.75, 3.05) is 5.32 Å². The SMILES string of the molecule is O=C(CCc1ccccc1Cl)Nc1csc(-c2ccc(Br)cc2)c1C(=O)O. The summed E-state index contributed by atoms with van der Waals surface area (Å²) in [7, 11) is 0. The molecule has 0 unspecified atom stereocenters. The van der Waals surface area contributed by atoms with Gasteiger partial charge in [-0.15, -0.1) is 11.3 Å². The molecule has 0 fully saturated rings. The van der Waals surface area contributed by atoms with Crippen molar-refractivity contribution in [2.24, 2.45) is 0 Å². The van der Waals surface area contributed by atoms with E-state index in [1.807, 2.05) is 42.5 Å². The highest BCUT2D eigenvalue weighted by molar-refractivity contribution is 9.10. The summed E-state index contributed by atoms with van der Waals surface area (Å²) >= 11 is 10.8. The molecule has 0 aliphatic heterocycles. The molecule has 1 amide bonds. The predicted molar refractivity (Wildman–Crippen MR) is 113 cm³/mol. The lowest BCUT2D eigenvalue weighted by atomic mass is 10.1. The van der Waals surface area contributed by atoms with Crippen LogP contribution in [-0.4, -0.2) is 17.0 Å². The van der Waals surface area contributed by atoms with E-state index in [4.69, 9.17) is 11.6 Å². The van der Waals surface area contributed by atoms with Crippen LogP contribution in [0.2, 0.25) is 5.02 Å². The highest BCUT2D eigenvalue weighted by atomic mass is 79.9. The number of carbonyl (C=O) groups is 2. The Hall–Kier alpha value is -2.15. The topological polar surface area (TPSA) is 66.4 Å². The number of aromatic carboxylic acids is 1. The van der Waals surface area contributed by atoms with E-state index in [0.717, 1.165) is 15.6 Å². The fourth-order valence-electron chi connectivity index (χ4n) is 2.64. The number of amides is 1. The van der Waals surface area contributed by atoms with Crippen LogP contribution in [0.1, 0.15) is 22.3 Å². The lowest BCUT2D eigenvalue weighted by Gasteiger charge is -2.07. The quantitative estimate of drug-likeness (QED) is 0.463. The van der Waals surface area contributed by atoms with Crippen LogP contribution in [0, 0.1) is 0 Å². The molecule has 1 aromatic heterocycles. The van der Waals surface area contributed by atoms with Gasteiger partial charge < -0.3 is 10.4 Å². The molecule has 0 atom stereocenters. The maximum atomic E-state index is 12.3. The Morgan fingerprint density at radius 1 is 1.11 bits per heavy atom. The zero-order chi connectivity index (χ0) is 19.4. The molecule has 138 valence electrons. The summed E-state index contributed by atoms with van der Waals surface area (Å²) in [6, 6.07) is 14.7. The van der Waals surface area contributed by atoms with Crippen LogP contribution in [0.4, 0.5) is 5.69 Å². The van der Waals surface area contributed by atoms with Crippen molar-refractivity contribution < 1.29 is 14.7 Å². The first-order chi connectivity index (χ1) is 13.0. The van der Waals surface area contributed by atoms with Gasteiger partial charge in [-0.3, -0.25) is 4.79 Å². The van der Waals surface area contributed by atoms with E-state index in [1.54, 1.807) is 11.4 Å². The first-order valence-electron chi connectivity index (χ1n) is 8.09. The standard InChI is InChI=1S/C20H15BrClNO3S/c21-14-8-5-13(6-9-14)19-18(20(25)26)16(11-27-19)23-17(24)10-7-12-3-1-2-4-15(12)22/h1-6,8-9,11H,7,10H2,(H,23,24)(H,25,26). The highest BCUT2D eigenvalue weighted by Crippen LogP contribution is 2.36. The van der Waals surface area contributed by atoms with Crippen molar-refractivity contribution in [2.45, 2.75) is 12.8 Å². The number of carbonyl (C=O) groups excluding carboxylic acids is 1. The minimum absolute atomic E-state index is 0.105. The second kappa shape index (κ2) is 8.69. The third-order valence-corrected chi connectivity index (χ3v) is 5.89. The van der Waals surface area contributed by atoms with Gasteiger partial charge in [0.2, 0.25) is 5.91 Å². The molecule has 0 aliphatic rings. The second-order valence-corrected chi connectivity index (χ2v) is 8.01. The number of hydrogen-bond donors (Lipinski definition) is 2. The number of thiophene rings is 1. The lowest BCUT2D eigenvalue weighted by molar-refractivity contribution is -0.116. The Morgan fingerprint density at radius 3 is 2.48 bits per heavy atom. The molecule has 0 radical (unpaired) electrons. The molecule has 0 saturated carbocycles. The predicted octanol–water partition coefficient (Wildman–Crippen LogP) is 6.10. The van der Waals surface area contributed by atoms with Crippen molar-refractivity contribution >= 4 is 56.4 Å². The van der Waals surface area contributed by atoms with Crippen molar-refractivity contribution in [3.05, 3.63) is 74.5 Å². The van der Waals surface area contributed by atoms with Gasteiger partial charge in [0.25, 0.3) is 0 Å². The van der Waals surface area contributed by atoms with Gasteiger partial charge in [0.1, 0.15) is 5.56 Å².